The summed E-state index contributed by atoms with van der Waals surface area (Å²) in [5.41, 5.74) is 8.61. The van der Waals surface area contributed by atoms with Crippen LogP contribution >= 0.6 is 11.6 Å². The van der Waals surface area contributed by atoms with Crippen molar-refractivity contribution < 1.29 is 4.74 Å². The molecule has 3 nitrogen and oxygen atoms in total. The van der Waals surface area contributed by atoms with Gasteiger partial charge in [-0.2, -0.15) is 0 Å². The predicted molar refractivity (Wildman–Crippen MR) is 85.5 cm³/mol. The third-order valence-corrected chi connectivity index (χ3v) is 3.28. The van der Waals surface area contributed by atoms with E-state index in [1.165, 1.54) is 0 Å². The minimum Gasteiger partial charge on any atom is -0.492 e. The molecule has 0 heterocycles. The van der Waals surface area contributed by atoms with Gasteiger partial charge in [-0.1, -0.05) is 23.7 Å². The van der Waals surface area contributed by atoms with Crippen molar-refractivity contribution in [3.8, 4) is 5.75 Å². The Balaban J connectivity index is 2.15. The van der Waals surface area contributed by atoms with Gasteiger partial charge in [-0.25, -0.2) is 0 Å². The molecule has 0 aromatic heterocycles. The first-order chi connectivity index (χ1) is 9.60. The van der Waals surface area contributed by atoms with E-state index < -0.39 is 0 Å². The second-order valence-electron chi connectivity index (χ2n) is 4.61. The molecule has 0 amide bonds. The number of nitrogens with one attached hydrogen (secondary N) is 1. The lowest BCUT2D eigenvalue weighted by molar-refractivity contribution is 0.342. The number of hydrogen-bond acceptors (Lipinski definition) is 3. The van der Waals surface area contributed by atoms with Gasteiger partial charge in [0, 0.05) is 22.8 Å². The first-order valence-electron chi connectivity index (χ1n) is 6.64. The minimum absolute atomic E-state index is 0.145. The van der Waals surface area contributed by atoms with Crippen LogP contribution in [0, 0.1) is 0 Å². The Morgan fingerprint density at radius 3 is 2.75 bits per heavy atom. The second kappa shape index (κ2) is 6.53. The zero-order chi connectivity index (χ0) is 14.5. The summed E-state index contributed by atoms with van der Waals surface area (Å²) in [5, 5.41) is 4.16. The summed E-state index contributed by atoms with van der Waals surface area (Å²) >= 11 is 6.01. The Hall–Kier alpha value is -1.87. The molecular weight excluding hydrogens is 272 g/mol. The summed E-state index contributed by atoms with van der Waals surface area (Å²) < 4.78 is 5.50. The Bertz CT molecular complexity index is 586. The van der Waals surface area contributed by atoms with E-state index in [2.05, 4.69) is 12.2 Å². The number of benzene rings is 2. The third-order valence-electron chi connectivity index (χ3n) is 3.05. The highest BCUT2D eigenvalue weighted by Crippen LogP contribution is 2.28. The first-order valence-corrected chi connectivity index (χ1v) is 7.02. The van der Waals surface area contributed by atoms with E-state index >= 15 is 0 Å². The summed E-state index contributed by atoms with van der Waals surface area (Å²) in [6, 6.07) is 13.7. The van der Waals surface area contributed by atoms with Crippen molar-refractivity contribution >= 4 is 23.0 Å². The summed E-state index contributed by atoms with van der Waals surface area (Å²) in [5.74, 6) is 0.704. The normalized spacial score (nSPS) is 11.9. The molecule has 0 saturated carbocycles. The van der Waals surface area contributed by atoms with Gasteiger partial charge in [-0.05, 0) is 43.7 Å². The van der Waals surface area contributed by atoms with Gasteiger partial charge in [0.1, 0.15) is 5.75 Å². The van der Waals surface area contributed by atoms with Gasteiger partial charge in [0.25, 0.3) is 0 Å². The van der Waals surface area contributed by atoms with Crippen molar-refractivity contribution in [1.82, 2.24) is 0 Å². The molecule has 0 bridgehead atoms. The monoisotopic (exact) mass is 290 g/mol. The number of halogens is 1. The summed E-state index contributed by atoms with van der Waals surface area (Å²) in [4.78, 5) is 0. The van der Waals surface area contributed by atoms with Crippen LogP contribution in [-0.2, 0) is 0 Å². The smallest absolute Gasteiger partial charge is 0.144 e. The van der Waals surface area contributed by atoms with Gasteiger partial charge in [0.2, 0.25) is 0 Å². The zero-order valence-corrected chi connectivity index (χ0v) is 12.4. The van der Waals surface area contributed by atoms with Crippen LogP contribution < -0.4 is 15.8 Å². The van der Waals surface area contributed by atoms with E-state index in [1.54, 1.807) is 0 Å². The van der Waals surface area contributed by atoms with E-state index in [9.17, 15) is 0 Å². The molecule has 0 aliphatic carbocycles. The molecule has 2 rings (SSSR count). The molecular formula is C16H19ClN2O. The Morgan fingerprint density at radius 2 is 2.05 bits per heavy atom. The van der Waals surface area contributed by atoms with Crippen molar-refractivity contribution in [1.29, 1.82) is 0 Å². The largest absolute Gasteiger partial charge is 0.492 e. The Morgan fingerprint density at radius 1 is 1.25 bits per heavy atom. The molecule has 0 aliphatic rings. The fourth-order valence-corrected chi connectivity index (χ4v) is 2.21. The summed E-state index contributed by atoms with van der Waals surface area (Å²) in [6.07, 6.45) is 0. The molecule has 0 radical (unpaired) electrons. The highest BCUT2D eigenvalue weighted by atomic mass is 35.5. The van der Waals surface area contributed by atoms with Crippen LogP contribution in [0.15, 0.2) is 42.5 Å². The highest BCUT2D eigenvalue weighted by Gasteiger charge is 2.07. The number of anilines is 2. The Kier molecular flexibility index (Phi) is 4.74. The molecule has 2 aromatic rings. The molecule has 0 spiro atoms. The molecule has 20 heavy (non-hydrogen) atoms. The third kappa shape index (κ3) is 3.58. The van der Waals surface area contributed by atoms with Crippen LogP contribution in [0.5, 0.6) is 5.75 Å². The van der Waals surface area contributed by atoms with Crippen molar-refractivity contribution in [2.45, 2.75) is 19.9 Å². The fourth-order valence-electron chi connectivity index (χ4n) is 2.01. The van der Waals surface area contributed by atoms with Crippen LogP contribution in [0.4, 0.5) is 11.4 Å². The highest BCUT2D eigenvalue weighted by molar-refractivity contribution is 6.30. The summed E-state index contributed by atoms with van der Waals surface area (Å²) in [7, 11) is 0. The maximum Gasteiger partial charge on any atom is 0.144 e. The van der Waals surface area contributed by atoms with Gasteiger partial charge >= 0.3 is 0 Å². The van der Waals surface area contributed by atoms with Crippen LogP contribution in [0.1, 0.15) is 25.5 Å². The SMILES string of the molecule is CCOc1cc(NC(C)c2cccc(Cl)c2)ccc1N. The van der Waals surface area contributed by atoms with Gasteiger partial charge in [0.15, 0.2) is 0 Å². The number of nitrogens with two attached hydrogens (primary N) is 1. The molecule has 0 saturated heterocycles. The van der Waals surface area contributed by atoms with Crippen molar-refractivity contribution in [2.75, 3.05) is 17.7 Å². The lowest BCUT2D eigenvalue weighted by Gasteiger charge is -2.17. The van der Waals surface area contributed by atoms with Gasteiger partial charge in [-0.15, -0.1) is 0 Å². The van der Waals surface area contributed by atoms with Crippen LogP contribution in [0.3, 0.4) is 0 Å². The topological polar surface area (TPSA) is 47.3 Å². The number of ether oxygens (including phenoxy) is 1. The number of nitrogen functional groups attached to an aromatic ring is 1. The molecule has 4 heteroatoms. The number of hydrogen-bond donors (Lipinski definition) is 2. The van der Waals surface area contributed by atoms with Crippen molar-refractivity contribution in [3.63, 3.8) is 0 Å². The van der Waals surface area contributed by atoms with Crippen molar-refractivity contribution in [2.24, 2.45) is 0 Å². The Labute approximate surface area is 124 Å². The molecule has 1 atom stereocenters. The fraction of sp³-hybridized carbons (Fsp3) is 0.250. The van der Waals surface area contributed by atoms with Crippen LogP contribution in [0.25, 0.3) is 0 Å². The van der Waals surface area contributed by atoms with Gasteiger partial charge < -0.3 is 15.8 Å². The van der Waals surface area contributed by atoms with Crippen LogP contribution in [-0.4, -0.2) is 6.61 Å². The van der Waals surface area contributed by atoms with Gasteiger partial charge in [0.05, 0.1) is 12.3 Å². The first kappa shape index (κ1) is 14.5. The van der Waals surface area contributed by atoms with E-state index in [4.69, 9.17) is 22.1 Å². The lowest BCUT2D eigenvalue weighted by Crippen LogP contribution is -2.07. The van der Waals surface area contributed by atoms with E-state index in [1.807, 2.05) is 49.4 Å². The number of rotatable bonds is 5. The quantitative estimate of drug-likeness (QED) is 0.797. The zero-order valence-electron chi connectivity index (χ0n) is 11.7. The molecule has 0 aliphatic heterocycles. The maximum absolute atomic E-state index is 6.01. The maximum atomic E-state index is 6.01. The molecule has 0 fully saturated rings. The molecule has 1 unspecified atom stereocenters. The summed E-state index contributed by atoms with van der Waals surface area (Å²) in [6.45, 7) is 4.62. The average Bonchev–Trinajstić information content (AvgIpc) is 2.43. The van der Waals surface area contributed by atoms with E-state index in [-0.39, 0.29) is 6.04 Å². The standard InChI is InChI=1S/C16H19ClN2O/c1-3-20-16-10-14(7-8-15(16)18)19-11(2)12-5-4-6-13(17)9-12/h4-11,19H,3,18H2,1-2H3. The van der Waals surface area contributed by atoms with Gasteiger partial charge in [-0.3, -0.25) is 0 Å². The molecule has 3 N–H and O–H groups in total. The molecule has 2 aromatic carbocycles. The second-order valence-corrected chi connectivity index (χ2v) is 5.04. The molecule has 106 valence electrons. The lowest BCUT2D eigenvalue weighted by atomic mass is 10.1. The van der Waals surface area contributed by atoms with E-state index in [0.717, 1.165) is 16.3 Å². The van der Waals surface area contributed by atoms with Crippen LogP contribution in [0.2, 0.25) is 5.02 Å². The minimum atomic E-state index is 0.145. The van der Waals surface area contributed by atoms with E-state index in [0.29, 0.717) is 18.0 Å². The predicted octanol–water partition coefficient (Wildman–Crippen LogP) is 4.49. The average molecular weight is 291 g/mol. The van der Waals surface area contributed by atoms with Crippen molar-refractivity contribution in [3.05, 3.63) is 53.1 Å².